The first-order chi connectivity index (χ1) is 9.23. The van der Waals surface area contributed by atoms with E-state index in [4.69, 9.17) is 0 Å². The lowest BCUT2D eigenvalue weighted by atomic mass is 9.75. The molecule has 1 aromatic heterocycles. The Bertz CT molecular complexity index is 323. The van der Waals surface area contributed by atoms with E-state index in [1.165, 1.54) is 63.4 Å². The van der Waals surface area contributed by atoms with Crippen molar-refractivity contribution >= 4 is 0 Å². The largest absolute Gasteiger partial charge is 0.159 e. The molecule has 0 N–H and O–H groups in total. The Morgan fingerprint density at radius 1 is 0.895 bits per heavy atom. The Hall–Kier alpha value is -0.920. The maximum Gasteiger partial charge on any atom is 0.0533 e. The highest BCUT2D eigenvalue weighted by Gasteiger charge is 2.25. The standard InChI is InChI=1S/C17H30N2/c1-4-6-8-10-13-17(3,12-9-7-5-2)16-11-14-18-19-15-16/h11,14-15H,4-10,12-13H2,1-3H3. The van der Waals surface area contributed by atoms with Gasteiger partial charge in [-0.2, -0.15) is 10.2 Å². The summed E-state index contributed by atoms with van der Waals surface area (Å²) in [5.74, 6) is 0. The van der Waals surface area contributed by atoms with Gasteiger partial charge in [0.05, 0.1) is 6.20 Å². The molecule has 1 rings (SSSR count). The highest BCUT2D eigenvalue weighted by atomic mass is 15.1. The first-order valence-electron chi connectivity index (χ1n) is 8.00. The minimum atomic E-state index is 0.291. The molecule has 0 bridgehead atoms. The highest BCUT2D eigenvalue weighted by molar-refractivity contribution is 5.18. The Balaban J connectivity index is 2.61. The summed E-state index contributed by atoms with van der Waals surface area (Å²) in [5.41, 5.74) is 1.66. The van der Waals surface area contributed by atoms with Crippen LogP contribution in [-0.4, -0.2) is 10.2 Å². The van der Waals surface area contributed by atoms with E-state index in [2.05, 4.69) is 37.0 Å². The molecule has 0 aliphatic carbocycles. The predicted octanol–water partition coefficient (Wildman–Crippen LogP) is 5.29. The van der Waals surface area contributed by atoms with Gasteiger partial charge in [-0.3, -0.25) is 0 Å². The summed E-state index contributed by atoms with van der Waals surface area (Å²) in [4.78, 5) is 0. The first-order valence-corrected chi connectivity index (χ1v) is 8.00. The van der Waals surface area contributed by atoms with E-state index >= 15 is 0 Å². The molecule has 0 saturated heterocycles. The SMILES string of the molecule is CCCCCCC(C)(CCCCC)c1ccnnc1. The van der Waals surface area contributed by atoms with Crippen LogP contribution in [0.5, 0.6) is 0 Å². The van der Waals surface area contributed by atoms with Crippen molar-refractivity contribution in [3.05, 3.63) is 24.0 Å². The van der Waals surface area contributed by atoms with Crippen molar-refractivity contribution in [2.45, 2.75) is 84.0 Å². The summed E-state index contributed by atoms with van der Waals surface area (Å²) >= 11 is 0. The Labute approximate surface area is 119 Å². The zero-order valence-corrected chi connectivity index (χ0v) is 13.0. The van der Waals surface area contributed by atoms with Crippen LogP contribution in [0.3, 0.4) is 0 Å². The molecule has 0 radical (unpaired) electrons. The normalized spacial score (nSPS) is 14.3. The number of hydrogen-bond donors (Lipinski definition) is 0. The molecule has 2 nitrogen and oxygen atoms in total. The van der Waals surface area contributed by atoms with Crippen molar-refractivity contribution < 1.29 is 0 Å². The van der Waals surface area contributed by atoms with Gasteiger partial charge in [-0.05, 0) is 29.9 Å². The number of hydrogen-bond acceptors (Lipinski definition) is 2. The van der Waals surface area contributed by atoms with Crippen molar-refractivity contribution in [3.63, 3.8) is 0 Å². The molecule has 108 valence electrons. The third kappa shape index (κ3) is 5.71. The molecule has 0 saturated carbocycles. The Morgan fingerprint density at radius 2 is 1.53 bits per heavy atom. The Kier molecular flexibility index (Phi) is 7.69. The smallest absolute Gasteiger partial charge is 0.0533 e. The van der Waals surface area contributed by atoms with Gasteiger partial charge in [0, 0.05) is 6.20 Å². The number of unbranched alkanes of at least 4 members (excludes halogenated alkanes) is 5. The quantitative estimate of drug-likeness (QED) is 0.536. The summed E-state index contributed by atoms with van der Waals surface area (Å²) in [5, 5.41) is 7.99. The molecule has 0 spiro atoms. The second-order valence-corrected chi connectivity index (χ2v) is 5.96. The third-order valence-corrected chi connectivity index (χ3v) is 4.20. The molecular weight excluding hydrogens is 232 g/mol. The van der Waals surface area contributed by atoms with E-state index < -0.39 is 0 Å². The van der Waals surface area contributed by atoms with Crippen LogP contribution in [0.2, 0.25) is 0 Å². The monoisotopic (exact) mass is 262 g/mol. The van der Waals surface area contributed by atoms with Gasteiger partial charge >= 0.3 is 0 Å². The molecule has 0 aliphatic rings. The Morgan fingerprint density at radius 3 is 2.11 bits per heavy atom. The van der Waals surface area contributed by atoms with E-state index in [9.17, 15) is 0 Å². The second-order valence-electron chi connectivity index (χ2n) is 5.96. The number of rotatable bonds is 10. The molecule has 0 aromatic carbocycles. The fourth-order valence-electron chi connectivity index (χ4n) is 2.77. The molecular formula is C17H30N2. The molecule has 19 heavy (non-hydrogen) atoms. The van der Waals surface area contributed by atoms with Crippen LogP contribution in [0, 0.1) is 0 Å². The fourth-order valence-corrected chi connectivity index (χ4v) is 2.77. The van der Waals surface area contributed by atoms with Gasteiger partial charge in [-0.25, -0.2) is 0 Å². The molecule has 0 amide bonds. The fraction of sp³-hybridized carbons (Fsp3) is 0.765. The molecule has 1 aromatic rings. The zero-order valence-electron chi connectivity index (χ0n) is 13.0. The van der Waals surface area contributed by atoms with Crippen LogP contribution < -0.4 is 0 Å². The third-order valence-electron chi connectivity index (χ3n) is 4.20. The van der Waals surface area contributed by atoms with Crippen molar-refractivity contribution in [1.29, 1.82) is 0 Å². The number of aromatic nitrogens is 2. The van der Waals surface area contributed by atoms with Crippen LogP contribution in [-0.2, 0) is 5.41 Å². The van der Waals surface area contributed by atoms with E-state index in [-0.39, 0.29) is 0 Å². The van der Waals surface area contributed by atoms with Crippen LogP contribution >= 0.6 is 0 Å². The average molecular weight is 262 g/mol. The van der Waals surface area contributed by atoms with Crippen LogP contribution in [0.4, 0.5) is 0 Å². The molecule has 2 heteroatoms. The average Bonchev–Trinajstić information content (AvgIpc) is 2.45. The lowest BCUT2D eigenvalue weighted by Crippen LogP contribution is -2.22. The van der Waals surface area contributed by atoms with E-state index in [0.29, 0.717) is 5.41 Å². The molecule has 1 heterocycles. The minimum absolute atomic E-state index is 0.291. The molecule has 1 atom stereocenters. The van der Waals surface area contributed by atoms with Gasteiger partial charge in [0.25, 0.3) is 0 Å². The molecule has 0 fully saturated rings. The van der Waals surface area contributed by atoms with E-state index in [1.54, 1.807) is 0 Å². The van der Waals surface area contributed by atoms with Crippen molar-refractivity contribution in [2.75, 3.05) is 0 Å². The summed E-state index contributed by atoms with van der Waals surface area (Å²) in [7, 11) is 0. The minimum Gasteiger partial charge on any atom is -0.159 e. The van der Waals surface area contributed by atoms with Gasteiger partial charge in [0.2, 0.25) is 0 Å². The maximum absolute atomic E-state index is 4.07. The highest BCUT2D eigenvalue weighted by Crippen LogP contribution is 2.34. The molecule has 1 unspecified atom stereocenters. The summed E-state index contributed by atoms with van der Waals surface area (Å²) < 4.78 is 0. The second kappa shape index (κ2) is 9.06. The van der Waals surface area contributed by atoms with Crippen molar-refractivity contribution in [3.8, 4) is 0 Å². The summed E-state index contributed by atoms with van der Waals surface area (Å²) in [6.07, 6.45) is 15.7. The summed E-state index contributed by atoms with van der Waals surface area (Å²) in [6, 6.07) is 2.15. The van der Waals surface area contributed by atoms with Crippen LogP contribution in [0.25, 0.3) is 0 Å². The van der Waals surface area contributed by atoms with Crippen molar-refractivity contribution in [1.82, 2.24) is 10.2 Å². The lowest BCUT2D eigenvalue weighted by molar-refractivity contribution is 0.364. The predicted molar refractivity (Wildman–Crippen MR) is 82.3 cm³/mol. The lowest BCUT2D eigenvalue weighted by Gasteiger charge is -2.30. The van der Waals surface area contributed by atoms with Crippen LogP contribution in [0.15, 0.2) is 18.5 Å². The first kappa shape index (κ1) is 16.1. The van der Waals surface area contributed by atoms with Crippen LogP contribution in [0.1, 0.15) is 84.1 Å². The number of nitrogens with zero attached hydrogens (tertiary/aromatic N) is 2. The topological polar surface area (TPSA) is 25.8 Å². The van der Waals surface area contributed by atoms with Gasteiger partial charge in [0.15, 0.2) is 0 Å². The zero-order chi connectivity index (χ0) is 14.0. The molecule has 0 aliphatic heterocycles. The van der Waals surface area contributed by atoms with Gasteiger partial charge < -0.3 is 0 Å². The van der Waals surface area contributed by atoms with Gasteiger partial charge in [-0.1, -0.05) is 65.7 Å². The van der Waals surface area contributed by atoms with Gasteiger partial charge in [-0.15, -0.1) is 0 Å². The van der Waals surface area contributed by atoms with Crippen molar-refractivity contribution in [2.24, 2.45) is 0 Å². The maximum atomic E-state index is 4.07. The van der Waals surface area contributed by atoms with Gasteiger partial charge in [0.1, 0.15) is 0 Å². The van der Waals surface area contributed by atoms with E-state index in [1.807, 2.05) is 12.4 Å². The summed E-state index contributed by atoms with van der Waals surface area (Å²) in [6.45, 7) is 6.95. The van der Waals surface area contributed by atoms with E-state index in [0.717, 1.165) is 0 Å².